The van der Waals surface area contributed by atoms with Crippen molar-refractivity contribution in [3.05, 3.63) is 41.2 Å². The number of aromatic amines is 1. The number of alkyl halides is 3. The lowest BCUT2D eigenvalue weighted by Gasteiger charge is -2.08. The van der Waals surface area contributed by atoms with E-state index in [0.717, 1.165) is 0 Å². The van der Waals surface area contributed by atoms with E-state index in [9.17, 15) is 18.0 Å². The highest BCUT2D eigenvalue weighted by molar-refractivity contribution is 6.68. The van der Waals surface area contributed by atoms with Gasteiger partial charge in [-0.3, -0.25) is 9.89 Å². The average Bonchev–Trinajstić information content (AvgIpc) is 2.83. The number of carbonyl (C=O) groups excluding carboxylic acids is 1. The maximum absolute atomic E-state index is 12.9. The van der Waals surface area contributed by atoms with Crippen LogP contribution in [-0.4, -0.2) is 15.4 Å². The molecule has 8 heteroatoms. The molecule has 102 valence electrons. The van der Waals surface area contributed by atoms with E-state index < -0.39 is 28.4 Å². The van der Waals surface area contributed by atoms with E-state index >= 15 is 0 Å². The second-order valence-corrected chi connectivity index (χ2v) is 4.13. The molecule has 0 spiro atoms. The summed E-state index contributed by atoms with van der Waals surface area (Å²) in [5, 5.41) is 12.7. The summed E-state index contributed by atoms with van der Waals surface area (Å²) in [5.74, 6) is 0. The SMILES string of the molecule is N#Cc1cccc(-c2c(C(=O)Cl)n[nH]c2C(F)(F)F)c1. The van der Waals surface area contributed by atoms with Crippen molar-refractivity contribution in [2.45, 2.75) is 6.18 Å². The van der Waals surface area contributed by atoms with Crippen LogP contribution in [0.4, 0.5) is 13.2 Å². The van der Waals surface area contributed by atoms with Crippen LogP contribution >= 0.6 is 11.6 Å². The summed E-state index contributed by atoms with van der Waals surface area (Å²) >= 11 is 5.24. The minimum absolute atomic E-state index is 0.0362. The molecule has 0 unspecified atom stereocenters. The van der Waals surface area contributed by atoms with Crippen LogP contribution < -0.4 is 0 Å². The maximum Gasteiger partial charge on any atom is 0.433 e. The molecule has 0 fully saturated rings. The molecule has 0 saturated carbocycles. The molecule has 0 aliphatic carbocycles. The first-order valence-corrected chi connectivity index (χ1v) is 5.58. The quantitative estimate of drug-likeness (QED) is 0.865. The van der Waals surface area contributed by atoms with Crippen LogP contribution in [0.3, 0.4) is 0 Å². The number of nitrogens with zero attached hydrogens (tertiary/aromatic N) is 2. The number of rotatable bonds is 2. The Labute approximate surface area is 115 Å². The van der Waals surface area contributed by atoms with Crippen molar-refractivity contribution in [1.82, 2.24) is 10.2 Å². The molecule has 1 aromatic carbocycles. The molecule has 0 atom stereocenters. The van der Waals surface area contributed by atoms with Crippen molar-refractivity contribution < 1.29 is 18.0 Å². The second-order valence-electron chi connectivity index (χ2n) is 3.79. The molecule has 0 aliphatic rings. The molecule has 1 aromatic heterocycles. The zero-order valence-electron chi connectivity index (χ0n) is 9.62. The Kier molecular flexibility index (Phi) is 3.51. The van der Waals surface area contributed by atoms with E-state index in [4.69, 9.17) is 16.9 Å². The number of halogens is 4. The van der Waals surface area contributed by atoms with Gasteiger partial charge in [0.25, 0.3) is 5.24 Å². The van der Waals surface area contributed by atoms with Gasteiger partial charge in [0.2, 0.25) is 0 Å². The fourth-order valence-electron chi connectivity index (χ4n) is 1.71. The molecule has 0 saturated heterocycles. The number of benzene rings is 1. The third-order valence-electron chi connectivity index (χ3n) is 2.52. The number of hydrogen-bond acceptors (Lipinski definition) is 3. The largest absolute Gasteiger partial charge is 0.433 e. The minimum atomic E-state index is -4.73. The summed E-state index contributed by atoms with van der Waals surface area (Å²) in [7, 11) is 0. The molecule has 0 amide bonds. The number of H-pyrrole nitrogens is 1. The lowest BCUT2D eigenvalue weighted by molar-refractivity contribution is -0.140. The van der Waals surface area contributed by atoms with E-state index in [2.05, 4.69) is 5.10 Å². The van der Waals surface area contributed by atoms with Gasteiger partial charge in [0, 0.05) is 5.56 Å². The van der Waals surface area contributed by atoms with Gasteiger partial charge in [0.1, 0.15) is 5.69 Å². The zero-order valence-corrected chi connectivity index (χ0v) is 10.4. The first-order chi connectivity index (χ1) is 9.34. The minimum Gasteiger partial charge on any atom is -0.274 e. The van der Waals surface area contributed by atoms with Crippen LogP contribution in [0.25, 0.3) is 11.1 Å². The summed E-state index contributed by atoms with van der Waals surface area (Å²) in [5.41, 5.74) is -1.99. The standard InChI is InChI=1S/C12H5ClF3N3O/c13-11(20)9-8(10(19-18-9)12(14,15)16)7-3-1-2-6(4-7)5-17/h1-4H,(H,18,19). The first kappa shape index (κ1) is 14.1. The zero-order chi connectivity index (χ0) is 14.9. The molecule has 2 aromatic rings. The predicted molar refractivity (Wildman–Crippen MR) is 63.9 cm³/mol. The van der Waals surface area contributed by atoms with Gasteiger partial charge >= 0.3 is 6.18 Å². The van der Waals surface area contributed by atoms with Crippen molar-refractivity contribution in [1.29, 1.82) is 5.26 Å². The number of nitrogens with one attached hydrogen (secondary N) is 1. The van der Waals surface area contributed by atoms with Crippen LogP contribution in [-0.2, 0) is 6.18 Å². The first-order valence-electron chi connectivity index (χ1n) is 5.20. The highest BCUT2D eigenvalue weighted by Gasteiger charge is 2.38. The van der Waals surface area contributed by atoms with Crippen LogP contribution in [0.15, 0.2) is 24.3 Å². The topological polar surface area (TPSA) is 69.5 Å². The Morgan fingerprint density at radius 2 is 2.10 bits per heavy atom. The highest BCUT2D eigenvalue weighted by atomic mass is 35.5. The van der Waals surface area contributed by atoms with Crippen LogP contribution in [0.1, 0.15) is 21.7 Å². The Morgan fingerprint density at radius 1 is 1.40 bits per heavy atom. The number of nitriles is 1. The molecule has 20 heavy (non-hydrogen) atoms. The fraction of sp³-hybridized carbons (Fsp3) is 0.0833. The van der Waals surface area contributed by atoms with Gasteiger partial charge in [-0.1, -0.05) is 12.1 Å². The monoisotopic (exact) mass is 299 g/mol. The summed E-state index contributed by atoms with van der Waals surface area (Å²) < 4.78 is 38.7. The Balaban J connectivity index is 2.73. The van der Waals surface area contributed by atoms with Gasteiger partial charge in [-0.15, -0.1) is 0 Å². The van der Waals surface area contributed by atoms with Gasteiger partial charge in [-0.05, 0) is 29.3 Å². The molecule has 0 aliphatic heterocycles. The third kappa shape index (κ3) is 2.51. The normalized spacial score (nSPS) is 11.2. The van der Waals surface area contributed by atoms with Gasteiger partial charge < -0.3 is 0 Å². The van der Waals surface area contributed by atoms with Gasteiger partial charge in [-0.2, -0.15) is 23.5 Å². The molecular weight excluding hydrogens is 295 g/mol. The van der Waals surface area contributed by atoms with Crippen molar-refractivity contribution in [3.8, 4) is 17.2 Å². The van der Waals surface area contributed by atoms with Crippen molar-refractivity contribution in [2.24, 2.45) is 0 Å². The molecule has 1 heterocycles. The lowest BCUT2D eigenvalue weighted by atomic mass is 10.0. The van der Waals surface area contributed by atoms with Crippen molar-refractivity contribution in [3.63, 3.8) is 0 Å². The Bertz CT molecular complexity index is 715. The van der Waals surface area contributed by atoms with Crippen molar-refractivity contribution in [2.75, 3.05) is 0 Å². The molecule has 0 radical (unpaired) electrons. The fourth-order valence-corrected chi connectivity index (χ4v) is 1.85. The Morgan fingerprint density at radius 3 is 2.65 bits per heavy atom. The molecule has 4 nitrogen and oxygen atoms in total. The third-order valence-corrected chi connectivity index (χ3v) is 2.70. The maximum atomic E-state index is 12.9. The van der Waals surface area contributed by atoms with E-state index in [0.29, 0.717) is 0 Å². The van der Waals surface area contributed by atoms with Crippen molar-refractivity contribution >= 4 is 16.8 Å². The Hall–Kier alpha value is -2.33. The molecule has 1 N–H and O–H groups in total. The van der Waals surface area contributed by atoms with Crippen LogP contribution in [0.2, 0.25) is 0 Å². The smallest absolute Gasteiger partial charge is 0.274 e. The van der Waals surface area contributed by atoms with E-state index in [1.165, 1.54) is 24.3 Å². The number of carbonyl (C=O) groups is 1. The predicted octanol–water partition coefficient (Wildman–Crippen LogP) is 3.35. The van der Waals surface area contributed by atoms with Gasteiger partial charge in [0.15, 0.2) is 5.69 Å². The summed E-state index contributed by atoms with van der Waals surface area (Å²) in [4.78, 5) is 11.2. The lowest BCUT2D eigenvalue weighted by Crippen LogP contribution is -2.07. The van der Waals surface area contributed by atoms with Gasteiger partial charge in [0.05, 0.1) is 11.6 Å². The second kappa shape index (κ2) is 4.98. The number of aromatic nitrogens is 2. The highest BCUT2D eigenvalue weighted by Crippen LogP contribution is 2.38. The van der Waals surface area contributed by atoms with E-state index in [-0.39, 0.29) is 11.1 Å². The van der Waals surface area contributed by atoms with Gasteiger partial charge in [-0.25, -0.2) is 0 Å². The van der Waals surface area contributed by atoms with Crippen LogP contribution in [0.5, 0.6) is 0 Å². The van der Waals surface area contributed by atoms with Crippen LogP contribution in [0, 0.1) is 11.3 Å². The van der Waals surface area contributed by atoms with E-state index in [1.807, 2.05) is 0 Å². The molecule has 2 rings (SSSR count). The van der Waals surface area contributed by atoms with E-state index in [1.54, 1.807) is 11.2 Å². The average molecular weight is 300 g/mol. The summed E-state index contributed by atoms with van der Waals surface area (Å²) in [6.45, 7) is 0. The summed E-state index contributed by atoms with van der Waals surface area (Å²) in [6.07, 6.45) is -4.73. The number of hydrogen-bond donors (Lipinski definition) is 1. The molecule has 0 bridgehead atoms. The molecular formula is C12H5ClF3N3O. The summed E-state index contributed by atoms with van der Waals surface area (Å²) in [6, 6.07) is 7.21.